The standard InChI is InChI=1S/C10H15F6NO2S/c1-2-8(11,12)9(13,14)10(15,16)20(18,19)17-6-4-3-5-7-17/h2-7H2,1H3. The first-order chi connectivity index (χ1) is 8.92. The lowest BCUT2D eigenvalue weighted by Crippen LogP contribution is -2.61. The van der Waals surface area contributed by atoms with Crippen LogP contribution in [0, 0.1) is 0 Å². The number of nitrogens with zero attached hydrogens (tertiary/aromatic N) is 1. The molecule has 120 valence electrons. The van der Waals surface area contributed by atoms with Gasteiger partial charge in [0.2, 0.25) is 0 Å². The van der Waals surface area contributed by atoms with E-state index >= 15 is 0 Å². The molecule has 1 aliphatic heterocycles. The first-order valence-corrected chi connectivity index (χ1v) is 7.49. The molecule has 0 N–H and O–H groups in total. The van der Waals surface area contributed by atoms with Gasteiger partial charge in [-0.2, -0.15) is 30.6 Å². The molecule has 1 rings (SSSR count). The molecule has 0 aromatic rings. The normalized spacial score (nSPS) is 20.1. The van der Waals surface area contributed by atoms with Gasteiger partial charge in [0.25, 0.3) is 10.0 Å². The number of hydrogen-bond acceptors (Lipinski definition) is 2. The molecule has 0 spiro atoms. The number of rotatable bonds is 5. The third-order valence-electron chi connectivity index (χ3n) is 3.25. The van der Waals surface area contributed by atoms with E-state index in [2.05, 4.69) is 0 Å². The average Bonchev–Trinajstić information content (AvgIpc) is 2.39. The lowest BCUT2D eigenvalue weighted by Gasteiger charge is -2.36. The van der Waals surface area contributed by atoms with Crippen molar-refractivity contribution < 1.29 is 34.8 Å². The Labute approximate surface area is 113 Å². The molecule has 1 fully saturated rings. The SMILES string of the molecule is CCC(F)(F)C(F)(F)C(F)(F)S(=O)(=O)N1CCCCC1. The Kier molecular flexibility index (Phi) is 4.70. The van der Waals surface area contributed by atoms with Gasteiger partial charge in [0.15, 0.2) is 0 Å². The molecule has 0 saturated carbocycles. The fourth-order valence-corrected chi connectivity index (χ4v) is 3.40. The van der Waals surface area contributed by atoms with E-state index in [9.17, 15) is 34.8 Å². The number of sulfonamides is 1. The van der Waals surface area contributed by atoms with Crippen LogP contribution in [0.3, 0.4) is 0 Å². The molecule has 0 amide bonds. The highest BCUT2D eigenvalue weighted by Crippen LogP contribution is 2.50. The summed E-state index contributed by atoms with van der Waals surface area (Å²) in [6.07, 6.45) is -0.569. The third kappa shape index (κ3) is 2.51. The molecule has 1 aliphatic rings. The number of piperidine rings is 1. The van der Waals surface area contributed by atoms with Crippen LogP contribution in [0.4, 0.5) is 26.3 Å². The first-order valence-electron chi connectivity index (χ1n) is 6.05. The van der Waals surface area contributed by atoms with E-state index in [1.54, 1.807) is 0 Å². The quantitative estimate of drug-likeness (QED) is 0.728. The maximum atomic E-state index is 13.6. The third-order valence-corrected chi connectivity index (χ3v) is 5.20. The zero-order valence-corrected chi connectivity index (χ0v) is 11.5. The van der Waals surface area contributed by atoms with Crippen LogP contribution < -0.4 is 0 Å². The Morgan fingerprint density at radius 1 is 0.950 bits per heavy atom. The maximum Gasteiger partial charge on any atom is 0.427 e. The van der Waals surface area contributed by atoms with Crippen molar-refractivity contribution in [2.75, 3.05) is 13.1 Å². The minimum atomic E-state index is -5.97. The van der Waals surface area contributed by atoms with E-state index in [0.717, 1.165) is 0 Å². The molecule has 0 bridgehead atoms. The topological polar surface area (TPSA) is 37.4 Å². The predicted molar refractivity (Wildman–Crippen MR) is 59.5 cm³/mol. The summed E-state index contributed by atoms with van der Waals surface area (Å²) in [5, 5.41) is -5.85. The summed E-state index contributed by atoms with van der Waals surface area (Å²) in [6.45, 7) is -0.158. The zero-order chi connectivity index (χ0) is 15.8. The smallest absolute Gasteiger partial charge is 0.206 e. The summed E-state index contributed by atoms with van der Waals surface area (Å²) in [5.41, 5.74) is 0. The van der Waals surface area contributed by atoms with Gasteiger partial charge in [0.1, 0.15) is 0 Å². The summed E-state index contributed by atoms with van der Waals surface area (Å²) in [7, 11) is -5.84. The zero-order valence-electron chi connectivity index (χ0n) is 10.7. The molecule has 0 radical (unpaired) electrons. The minimum Gasteiger partial charge on any atom is -0.206 e. The van der Waals surface area contributed by atoms with Crippen LogP contribution in [0.2, 0.25) is 0 Å². The number of alkyl halides is 6. The molecule has 0 unspecified atom stereocenters. The van der Waals surface area contributed by atoms with Crippen LogP contribution in [-0.2, 0) is 10.0 Å². The molecule has 0 aromatic heterocycles. The summed E-state index contributed by atoms with van der Waals surface area (Å²) in [6, 6.07) is 0. The summed E-state index contributed by atoms with van der Waals surface area (Å²) in [5.74, 6) is -11.1. The number of hydrogen-bond donors (Lipinski definition) is 0. The lowest BCUT2D eigenvalue weighted by molar-refractivity contribution is -0.280. The molecule has 0 atom stereocenters. The average molecular weight is 327 g/mol. The molecule has 1 heterocycles. The van der Waals surface area contributed by atoms with Gasteiger partial charge in [0, 0.05) is 19.5 Å². The van der Waals surface area contributed by atoms with Crippen molar-refractivity contribution in [3.63, 3.8) is 0 Å². The van der Waals surface area contributed by atoms with Crippen LogP contribution in [0.5, 0.6) is 0 Å². The second-order valence-corrected chi connectivity index (χ2v) is 6.59. The predicted octanol–water partition coefficient (Wildman–Crippen LogP) is 3.08. The van der Waals surface area contributed by atoms with Gasteiger partial charge in [-0.25, -0.2) is 8.42 Å². The largest absolute Gasteiger partial charge is 0.427 e. The fourth-order valence-electron chi connectivity index (χ4n) is 1.86. The van der Waals surface area contributed by atoms with Gasteiger partial charge in [0.05, 0.1) is 0 Å². The van der Waals surface area contributed by atoms with Gasteiger partial charge in [-0.15, -0.1) is 0 Å². The first kappa shape index (κ1) is 17.5. The number of halogens is 6. The maximum absolute atomic E-state index is 13.6. The lowest BCUT2D eigenvalue weighted by atomic mass is 10.1. The highest BCUT2D eigenvalue weighted by molar-refractivity contribution is 7.90. The molecule has 0 aliphatic carbocycles. The van der Waals surface area contributed by atoms with Gasteiger partial charge in [-0.05, 0) is 12.8 Å². The van der Waals surface area contributed by atoms with Gasteiger partial charge in [-0.3, -0.25) is 0 Å². The minimum absolute atomic E-state index is 0.163. The summed E-state index contributed by atoms with van der Waals surface area (Å²) < 4.78 is 103. The second kappa shape index (κ2) is 5.36. The van der Waals surface area contributed by atoms with Crippen LogP contribution in [0.15, 0.2) is 0 Å². The van der Waals surface area contributed by atoms with Crippen LogP contribution >= 0.6 is 0 Å². The van der Waals surface area contributed by atoms with Crippen molar-refractivity contribution in [2.45, 2.75) is 49.7 Å². The van der Waals surface area contributed by atoms with Crippen molar-refractivity contribution in [3.05, 3.63) is 0 Å². The van der Waals surface area contributed by atoms with Crippen molar-refractivity contribution >= 4 is 10.0 Å². The monoisotopic (exact) mass is 327 g/mol. The molecule has 20 heavy (non-hydrogen) atoms. The molecule has 3 nitrogen and oxygen atoms in total. The Hall–Kier alpha value is -0.510. The van der Waals surface area contributed by atoms with Gasteiger partial charge in [-0.1, -0.05) is 13.3 Å². The van der Waals surface area contributed by atoms with E-state index < -0.39 is 33.5 Å². The molecular formula is C10H15F6NO2S. The molecule has 10 heteroatoms. The Morgan fingerprint density at radius 3 is 1.80 bits per heavy atom. The summed E-state index contributed by atoms with van der Waals surface area (Å²) >= 11 is 0. The van der Waals surface area contributed by atoms with E-state index in [1.807, 2.05) is 0 Å². The van der Waals surface area contributed by atoms with Crippen molar-refractivity contribution in [1.29, 1.82) is 0 Å². The molecular weight excluding hydrogens is 312 g/mol. The fraction of sp³-hybridized carbons (Fsp3) is 1.00. The van der Waals surface area contributed by atoms with Crippen molar-refractivity contribution in [1.82, 2.24) is 4.31 Å². The van der Waals surface area contributed by atoms with Gasteiger partial charge < -0.3 is 0 Å². The van der Waals surface area contributed by atoms with E-state index in [1.165, 1.54) is 0 Å². The van der Waals surface area contributed by atoms with Crippen LogP contribution in [-0.4, -0.2) is 42.9 Å². The van der Waals surface area contributed by atoms with Crippen molar-refractivity contribution in [2.24, 2.45) is 0 Å². The van der Waals surface area contributed by atoms with E-state index in [4.69, 9.17) is 0 Å². The van der Waals surface area contributed by atoms with Gasteiger partial charge >= 0.3 is 17.1 Å². The van der Waals surface area contributed by atoms with Crippen LogP contribution in [0.25, 0.3) is 0 Å². The Bertz CT molecular complexity index is 445. The highest BCUT2D eigenvalue weighted by atomic mass is 32.2. The van der Waals surface area contributed by atoms with Crippen LogP contribution in [0.1, 0.15) is 32.6 Å². The van der Waals surface area contributed by atoms with E-state index in [-0.39, 0.29) is 30.2 Å². The Morgan fingerprint density at radius 2 is 1.40 bits per heavy atom. The van der Waals surface area contributed by atoms with Crippen molar-refractivity contribution in [3.8, 4) is 0 Å². The molecule has 0 aromatic carbocycles. The second-order valence-electron chi connectivity index (χ2n) is 4.61. The molecule has 1 saturated heterocycles. The van der Waals surface area contributed by atoms with E-state index in [0.29, 0.717) is 13.3 Å². The highest BCUT2D eigenvalue weighted by Gasteiger charge is 2.77. The Balaban J connectivity index is 3.20. The summed E-state index contributed by atoms with van der Waals surface area (Å²) in [4.78, 5) is 0.